The fraction of sp³-hybridized carbons (Fsp3) is 0.409. The molecule has 30 heavy (non-hydrogen) atoms. The van der Waals surface area contributed by atoms with Gasteiger partial charge in [-0.1, -0.05) is 24.3 Å². The van der Waals surface area contributed by atoms with Gasteiger partial charge in [0.2, 0.25) is 0 Å². The molecule has 1 aliphatic rings. The van der Waals surface area contributed by atoms with Crippen molar-refractivity contribution in [3.8, 4) is 5.75 Å². The van der Waals surface area contributed by atoms with E-state index in [1.807, 2.05) is 36.4 Å². The standard InChI is InChI=1S/C22H29FN4O2.HI/c1-24-22(25-15-17-4-3-5-20(14-17)28-2)26-16-21(27-10-12-29-13-11-27)18-6-8-19(23)9-7-18;/h3-9,14,21H,10-13,15-16H2,1-2H3,(H2,24,25,26);1H. The van der Waals surface area contributed by atoms with Gasteiger partial charge < -0.3 is 20.1 Å². The Hall–Kier alpha value is -1.91. The highest BCUT2D eigenvalue weighted by Crippen LogP contribution is 2.21. The molecule has 1 atom stereocenters. The Labute approximate surface area is 194 Å². The van der Waals surface area contributed by atoms with Crippen molar-refractivity contribution in [2.24, 2.45) is 4.99 Å². The first-order valence-electron chi connectivity index (χ1n) is 9.84. The number of halogens is 2. The van der Waals surface area contributed by atoms with Gasteiger partial charge in [0.05, 0.1) is 26.4 Å². The van der Waals surface area contributed by atoms with E-state index in [1.54, 1.807) is 14.2 Å². The van der Waals surface area contributed by atoms with Gasteiger partial charge in [-0.15, -0.1) is 24.0 Å². The molecule has 0 aromatic heterocycles. The van der Waals surface area contributed by atoms with E-state index >= 15 is 0 Å². The zero-order valence-corrected chi connectivity index (χ0v) is 19.8. The first-order valence-corrected chi connectivity index (χ1v) is 9.84. The second-order valence-corrected chi connectivity index (χ2v) is 6.87. The van der Waals surface area contributed by atoms with E-state index in [0.29, 0.717) is 32.3 Å². The minimum atomic E-state index is -0.224. The molecule has 0 saturated carbocycles. The van der Waals surface area contributed by atoms with Gasteiger partial charge in [0, 0.05) is 33.2 Å². The highest BCUT2D eigenvalue weighted by Gasteiger charge is 2.23. The van der Waals surface area contributed by atoms with E-state index in [0.717, 1.165) is 30.0 Å². The molecule has 0 radical (unpaired) electrons. The number of nitrogens with zero attached hydrogens (tertiary/aromatic N) is 2. The maximum absolute atomic E-state index is 13.4. The zero-order chi connectivity index (χ0) is 20.5. The number of benzene rings is 2. The van der Waals surface area contributed by atoms with Crippen LogP contribution in [-0.4, -0.2) is 57.9 Å². The van der Waals surface area contributed by atoms with E-state index in [4.69, 9.17) is 9.47 Å². The SMILES string of the molecule is CN=C(NCc1cccc(OC)c1)NCC(c1ccc(F)cc1)N1CCOCC1.I. The number of guanidine groups is 1. The summed E-state index contributed by atoms with van der Waals surface area (Å²) in [6.45, 7) is 4.40. The fourth-order valence-corrected chi connectivity index (χ4v) is 3.41. The minimum absolute atomic E-state index is 0. The maximum atomic E-state index is 13.4. The molecular formula is C22H30FIN4O2. The number of hydrogen-bond acceptors (Lipinski definition) is 4. The van der Waals surface area contributed by atoms with Crippen LogP contribution in [0.4, 0.5) is 4.39 Å². The van der Waals surface area contributed by atoms with E-state index in [9.17, 15) is 4.39 Å². The number of methoxy groups -OCH3 is 1. The van der Waals surface area contributed by atoms with Crippen molar-refractivity contribution < 1.29 is 13.9 Å². The summed E-state index contributed by atoms with van der Waals surface area (Å²) in [6, 6.07) is 14.8. The Morgan fingerprint density at radius 1 is 1.17 bits per heavy atom. The predicted molar refractivity (Wildman–Crippen MR) is 128 cm³/mol. The summed E-state index contributed by atoms with van der Waals surface area (Å²) < 4.78 is 24.2. The van der Waals surface area contributed by atoms with Gasteiger partial charge in [-0.05, 0) is 35.4 Å². The highest BCUT2D eigenvalue weighted by molar-refractivity contribution is 14.0. The summed E-state index contributed by atoms with van der Waals surface area (Å²) in [5, 5.41) is 6.75. The van der Waals surface area contributed by atoms with Gasteiger partial charge in [0.25, 0.3) is 0 Å². The number of nitrogens with one attached hydrogen (secondary N) is 2. The summed E-state index contributed by atoms with van der Waals surface area (Å²) in [4.78, 5) is 6.69. The summed E-state index contributed by atoms with van der Waals surface area (Å²) >= 11 is 0. The van der Waals surface area contributed by atoms with Crippen LogP contribution in [0.3, 0.4) is 0 Å². The molecule has 6 nitrogen and oxygen atoms in total. The third-order valence-corrected chi connectivity index (χ3v) is 5.02. The Kier molecular flexibility index (Phi) is 10.3. The predicted octanol–water partition coefficient (Wildman–Crippen LogP) is 3.19. The molecule has 0 spiro atoms. The number of hydrogen-bond donors (Lipinski definition) is 2. The molecule has 0 amide bonds. The van der Waals surface area contributed by atoms with Gasteiger partial charge in [0.15, 0.2) is 5.96 Å². The van der Waals surface area contributed by atoms with Crippen LogP contribution in [0.15, 0.2) is 53.5 Å². The lowest BCUT2D eigenvalue weighted by Crippen LogP contribution is -2.46. The lowest BCUT2D eigenvalue weighted by Gasteiger charge is -2.35. The minimum Gasteiger partial charge on any atom is -0.497 e. The van der Waals surface area contributed by atoms with Crippen LogP contribution in [0.2, 0.25) is 0 Å². The summed E-state index contributed by atoms with van der Waals surface area (Å²) in [5.41, 5.74) is 2.18. The zero-order valence-electron chi connectivity index (χ0n) is 17.4. The van der Waals surface area contributed by atoms with Crippen LogP contribution in [-0.2, 0) is 11.3 Å². The van der Waals surface area contributed by atoms with Crippen molar-refractivity contribution in [2.75, 3.05) is 47.0 Å². The van der Waals surface area contributed by atoms with Crippen molar-refractivity contribution >= 4 is 29.9 Å². The Bertz CT molecular complexity index is 798. The lowest BCUT2D eigenvalue weighted by atomic mass is 10.0. The van der Waals surface area contributed by atoms with Crippen LogP contribution < -0.4 is 15.4 Å². The molecule has 2 aromatic carbocycles. The molecule has 1 unspecified atom stereocenters. The number of aliphatic imine (C=N–C) groups is 1. The third kappa shape index (κ3) is 7.10. The summed E-state index contributed by atoms with van der Waals surface area (Å²) in [6.07, 6.45) is 0. The van der Waals surface area contributed by atoms with Crippen LogP contribution >= 0.6 is 24.0 Å². The summed E-state index contributed by atoms with van der Waals surface area (Å²) in [5.74, 6) is 1.32. The maximum Gasteiger partial charge on any atom is 0.191 e. The third-order valence-electron chi connectivity index (χ3n) is 5.02. The van der Waals surface area contributed by atoms with Crippen LogP contribution in [0.1, 0.15) is 17.2 Å². The molecule has 1 fully saturated rings. The second-order valence-electron chi connectivity index (χ2n) is 6.87. The van der Waals surface area contributed by atoms with Gasteiger partial charge in [0.1, 0.15) is 11.6 Å². The molecule has 0 aliphatic carbocycles. The number of ether oxygens (including phenoxy) is 2. The van der Waals surface area contributed by atoms with E-state index in [2.05, 4.69) is 20.5 Å². The molecule has 1 saturated heterocycles. The van der Waals surface area contributed by atoms with Crippen molar-refractivity contribution in [1.29, 1.82) is 0 Å². The number of morpholine rings is 1. The molecule has 3 rings (SSSR count). The van der Waals surface area contributed by atoms with Crippen molar-refractivity contribution in [3.05, 3.63) is 65.5 Å². The quantitative estimate of drug-likeness (QED) is 0.329. The van der Waals surface area contributed by atoms with Crippen LogP contribution in [0, 0.1) is 5.82 Å². The number of rotatable bonds is 7. The normalized spacial score (nSPS) is 15.8. The van der Waals surface area contributed by atoms with Crippen molar-refractivity contribution in [3.63, 3.8) is 0 Å². The monoisotopic (exact) mass is 528 g/mol. The Balaban J connectivity index is 0.00000320. The first-order chi connectivity index (χ1) is 14.2. The highest BCUT2D eigenvalue weighted by atomic mass is 127. The molecule has 0 bridgehead atoms. The molecule has 2 N–H and O–H groups in total. The van der Waals surface area contributed by atoms with Crippen molar-refractivity contribution in [2.45, 2.75) is 12.6 Å². The molecule has 164 valence electrons. The van der Waals surface area contributed by atoms with E-state index < -0.39 is 0 Å². The van der Waals surface area contributed by atoms with E-state index in [-0.39, 0.29) is 35.8 Å². The average molecular weight is 528 g/mol. The molecule has 2 aromatic rings. The second kappa shape index (κ2) is 12.7. The fourth-order valence-electron chi connectivity index (χ4n) is 3.41. The van der Waals surface area contributed by atoms with Crippen LogP contribution in [0.25, 0.3) is 0 Å². The van der Waals surface area contributed by atoms with E-state index in [1.165, 1.54) is 12.1 Å². The lowest BCUT2D eigenvalue weighted by molar-refractivity contribution is 0.0170. The summed E-state index contributed by atoms with van der Waals surface area (Å²) in [7, 11) is 3.41. The smallest absolute Gasteiger partial charge is 0.191 e. The molecular weight excluding hydrogens is 498 g/mol. The largest absolute Gasteiger partial charge is 0.497 e. The Morgan fingerprint density at radius 3 is 2.57 bits per heavy atom. The van der Waals surface area contributed by atoms with Crippen molar-refractivity contribution in [1.82, 2.24) is 15.5 Å². The Morgan fingerprint density at radius 2 is 1.90 bits per heavy atom. The average Bonchev–Trinajstić information content (AvgIpc) is 2.78. The topological polar surface area (TPSA) is 58.1 Å². The van der Waals surface area contributed by atoms with Gasteiger partial charge >= 0.3 is 0 Å². The molecule has 1 aliphatic heterocycles. The van der Waals surface area contributed by atoms with Gasteiger partial charge in [-0.3, -0.25) is 9.89 Å². The molecule has 1 heterocycles. The van der Waals surface area contributed by atoms with Crippen LogP contribution in [0.5, 0.6) is 5.75 Å². The van der Waals surface area contributed by atoms with Gasteiger partial charge in [-0.25, -0.2) is 4.39 Å². The molecule has 8 heteroatoms. The first kappa shape index (κ1) is 24.4. The van der Waals surface area contributed by atoms with Gasteiger partial charge in [-0.2, -0.15) is 0 Å².